The Morgan fingerprint density at radius 3 is 2.71 bits per heavy atom. The van der Waals surface area contributed by atoms with E-state index in [2.05, 4.69) is 19.2 Å². The molecule has 1 aliphatic rings. The molecule has 134 valence electrons. The molecule has 6 nitrogen and oxygen atoms in total. The number of nitrogens with one attached hydrogen (secondary N) is 1. The summed E-state index contributed by atoms with van der Waals surface area (Å²) in [6.45, 7) is 4.95. The fourth-order valence-electron chi connectivity index (χ4n) is 2.78. The molecule has 1 atom stereocenters. The third-order valence-electron chi connectivity index (χ3n) is 4.25. The van der Waals surface area contributed by atoms with Crippen molar-refractivity contribution in [2.75, 3.05) is 31.7 Å². The van der Waals surface area contributed by atoms with Gasteiger partial charge < -0.3 is 15.0 Å². The summed E-state index contributed by atoms with van der Waals surface area (Å²) in [5.74, 6) is 1.41. The maximum Gasteiger partial charge on any atom is 0.317 e. The molecule has 0 saturated carbocycles. The van der Waals surface area contributed by atoms with Crippen molar-refractivity contribution in [3.8, 4) is 5.75 Å². The first kappa shape index (κ1) is 18.6. The molecule has 1 N–H and O–H groups in total. The number of nitrogens with zero attached hydrogens (tertiary/aromatic N) is 1. The number of urea groups is 1. The van der Waals surface area contributed by atoms with Crippen molar-refractivity contribution in [1.29, 1.82) is 0 Å². The lowest BCUT2D eigenvalue weighted by molar-refractivity contribution is 0.192. The summed E-state index contributed by atoms with van der Waals surface area (Å²) in [7, 11) is -1.36. The SMILES string of the molecule is CC(C)c1ccccc1OCCNC(=O)N(C)C1CCS(=O)(=O)C1. The van der Waals surface area contributed by atoms with E-state index in [0.29, 0.717) is 25.5 Å². The Morgan fingerprint density at radius 1 is 1.38 bits per heavy atom. The van der Waals surface area contributed by atoms with Crippen molar-refractivity contribution in [3.05, 3.63) is 29.8 Å². The average molecular weight is 354 g/mol. The zero-order chi connectivity index (χ0) is 17.7. The Labute approximate surface area is 144 Å². The summed E-state index contributed by atoms with van der Waals surface area (Å²) < 4.78 is 28.7. The highest BCUT2D eigenvalue weighted by Gasteiger charge is 2.32. The topological polar surface area (TPSA) is 75.7 Å². The quantitative estimate of drug-likeness (QED) is 0.793. The van der Waals surface area contributed by atoms with Crippen molar-refractivity contribution >= 4 is 15.9 Å². The van der Waals surface area contributed by atoms with Gasteiger partial charge in [-0.3, -0.25) is 0 Å². The molecule has 1 fully saturated rings. The van der Waals surface area contributed by atoms with Gasteiger partial charge in [-0.25, -0.2) is 13.2 Å². The minimum absolute atomic E-state index is 0.0508. The van der Waals surface area contributed by atoms with Gasteiger partial charge in [0.1, 0.15) is 12.4 Å². The summed E-state index contributed by atoms with van der Waals surface area (Å²) in [5, 5.41) is 2.77. The highest BCUT2D eigenvalue weighted by atomic mass is 32.2. The zero-order valence-corrected chi connectivity index (χ0v) is 15.3. The fraction of sp³-hybridized carbons (Fsp3) is 0.588. The first-order chi connectivity index (χ1) is 11.3. The summed E-state index contributed by atoms with van der Waals surface area (Å²) in [6.07, 6.45) is 0.504. The second kappa shape index (κ2) is 7.88. The van der Waals surface area contributed by atoms with E-state index in [4.69, 9.17) is 4.74 Å². The lowest BCUT2D eigenvalue weighted by Crippen LogP contribution is -2.45. The van der Waals surface area contributed by atoms with Crippen LogP contribution in [-0.4, -0.2) is 57.1 Å². The molecule has 0 aliphatic carbocycles. The lowest BCUT2D eigenvalue weighted by Gasteiger charge is -2.23. The number of rotatable bonds is 6. The summed E-state index contributed by atoms with van der Waals surface area (Å²) >= 11 is 0. The number of ether oxygens (including phenoxy) is 1. The summed E-state index contributed by atoms with van der Waals surface area (Å²) in [6, 6.07) is 7.36. The van der Waals surface area contributed by atoms with Gasteiger partial charge in [0.15, 0.2) is 9.84 Å². The smallest absolute Gasteiger partial charge is 0.317 e. The van der Waals surface area contributed by atoms with Crippen LogP contribution in [0, 0.1) is 0 Å². The first-order valence-corrected chi connectivity index (χ1v) is 10.0. The van der Waals surface area contributed by atoms with Crippen molar-refractivity contribution in [1.82, 2.24) is 10.2 Å². The van der Waals surface area contributed by atoms with Gasteiger partial charge in [0.2, 0.25) is 0 Å². The zero-order valence-electron chi connectivity index (χ0n) is 14.5. The lowest BCUT2D eigenvalue weighted by atomic mass is 10.0. The van der Waals surface area contributed by atoms with Crippen molar-refractivity contribution < 1.29 is 17.9 Å². The van der Waals surface area contributed by atoms with Crippen LogP contribution in [0.5, 0.6) is 5.75 Å². The van der Waals surface area contributed by atoms with Gasteiger partial charge in [-0.15, -0.1) is 0 Å². The minimum Gasteiger partial charge on any atom is -0.491 e. The molecular weight excluding hydrogens is 328 g/mol. The van der Waals surface area contributed by atoms with Crippen molar-refractivity contribution in [2.45, 2.75) is 32.2 Å². The molecule has 1 aromatic rings. The molecule has 0 aromatic heterocycles. The van der Waals surface area contributed by atoms with Crippen molar-refractivity contribution in [2.24, 2.45) is 0 Å². The van der Waals surface area contributed by atoms with E-state index >= 15 is 0 Å². The van der Waals surface area contributed by atoms with Gasteiger partial charge in [0.05, 0.1) is 18.1 Å². The Hall–Kier alpha value is -1.76. The molecule has 24 heavy (non-hydrogen) atoms. The largest absolute Gasteiger partial charge is 0.491 e. The van der Waals surface area contributed by atoms with Gasteiger partial charge in [-0.1, -0.05) is 32.0 Å². The van der Waals surface area contributed by atoms with E-state index < -0.39 is 9.84 Å². The number of para-hydroxylation sites is 1. The predicted octanol–water partition coefficient (Wildman–Crippen LogP) is 2.02. The maximum atomic E-state index is 12.1. The van der Waals surface area contributed by atoms with Gasteiger partial charge in [-0.2, -0.15) is 0 Å². The van der Waals surface area contributed by atoms with Crippen LogP contribution in [0.1, 0.15) is 31.7 Å². The number of hydrogen-bond acceptors (Lipinski definition) is 4. The van der Waals surface area contributed by atoms with Gasteiger partial charge >= 0.3 is 6.03 Å². The Morgan fingerprint density at radius 2 is 2.08 bits per heavy atom. The molecule has 0 bridgehead atoms. The van der Waals surface area contributed by atoms with Crippen LogP contribution in [0.15, 0.2) is 24.3 Å². The second-order valence-corrected chi connectivity index (χ2v) is 8.67. The van der Waals surface area contributed by atoms with Crippen LogP contribution < -0.4 is 10.1 Å². The van der Waals surface area contributed by atoms with Crippen LogP contribution in [0.3, 0.4) is 0 Å². The predicted molar refractivity (Wildman–Crippen MR) is 94.2 cm³/mol. The van der Waals surface area contributed by atoms with E-state index in [1.165, 1.54) is 4.90 Å². The van der Waals surface area contributed by atoms with Gasteiger partial charge in [-0.05, 0) is 24.0 Å². The highest BCUT2D eigenvalue weighted by molar-refractivity contribution is 7.91. The highest BCUT2D eigenvalue weighted by Crippen LogP contribution is 2.25. The summed E-state index contributed by atoms with van der Waals surface area (Å²) in [4.78, 5) is 13.6. The van der Waals surface area contributed by atoms with Crippen LogP contribution in [0.25, 0.3) is 0 Å². The molecular formula is C17H26N2O4S. The summed E-state index contributed by atoms with van der Waals surface area (Å²) in [5.41, 5.74) is 1.14. The maximum absolute atomic E-state index is 12.1. The molecule has 1 aliphatic heterocycles. The van der Waals surface area contributed by atoms with E-state index in [0.717, 1.165) is 11.3 Å². The number of sulfone groups is 1. The third kappa shape index (κ3) is 4.87. The molecule has 0 radical (unpaired) electrons. The average Bonchev–Trinajstić information content (AvgIpc) is 2.90. The third-order valence-corrected chi connectivity index (χ3v) is 6.00. The van der Waals surface area contributed by atoms with Crippen LogP contribution in [-0.2, 0) is 9.84 Å². The van der Waals surface area contributed by atoms with E-state index in [-0.39, 0.29) is 23.6 Å². The normalized spacial score (nSPS) is 19.2. The number of benzene rings is 1. The van der Waals surface area contributed by atoms with Crippen molar-refractivity contribution in [3.63, 3.8) is 0 Å². The fourth-order valence-corrected chi connectivity index (χ4v) is 4.55. The number of hydrogen-bond donors (Lipinski definition) is 1. The second-order valence-electron chi connectivity index (χ2n) is 6.44. The molecule has 2 rings (SSSR count). The Balaban J connectivity index is 1.77. The molecule has 1 aromatic carbocycles. The van der Waals surface area contributed by atoms with Crippen LogP contribution in [0.2, 0.25) is 0 Å². The van der Waals surface area contributed by atoms with E-state index in [1.54, 1.807) is 7.05 Å². The number of carbonyl (C=O) groups excluding carboxylic acids is 1. The Bertz CT molecular complexity index is 673. The molecule has 1 unspecified atom stereocenters. The Kier molecular flexibility index (Phi) is 6.10. The molecule has 1 heterocycles. The minimum atomic E-state index is -2.99. The monoisotopic (exact) mass is 354 g/mol. The van der Waals surface area contributed by atoms with Gasteiger partial charge in [0.25, 0.3) is 0 Å². The molecule has 7 heteroatoms. The first-order valence-electron chi connectivity index (χ1n) is 8.23. The molecule has 1 saturated heterocycles. The number of amides is 2. The van der Waals surface area contributed by atoms with E-state index in [9.17, 15) is 13.2 Å². The molecule has 2 amide bonds. The van der Waals surface area contributed by atoms with Crippen LogP contribution >= 0.6 is 0 Å². The standard InChI is InChI=1S/C17H26N2O4S/c1-13(2)15-6-4-5-7-16(15)23-10-9-18-17(20)19(3)14-8-11-24(21,22)12-14/h4-7,13-14H,8-12H2,1-3H3,(H,18,20). The number of carbonyl (C=O) groups is 1. The van der Waals surface area contributed by atoms with E-state index in [1.807, 2.05) is 24.3 Å². The van der Waals surface area contributed by atoms with Gasteiger partial charge in [0, 0.05) is 13.1 Å². The van der Waals surface area contributed by atoms with Crippen LogP contribution in [0.4, 0.5) is 4.79 Å². The molecule has 0 spiro atoms.